The van der Waals surface area contributed by atoms with Crippen molar-refractivity contribution >= 4 is 34.8 Å². The summed E-state index contributed by atoms with van der Waals surface area (Å²) in [6, 6.07) is 16.4. The minimum Gasteiger partial charge on any atom is -0.272 e. The fraction of sp³-hybridized carbons (Fsp3) is 0.0556. The Bertz CT molecular complexity index is 935. The van der Waals surface area contributed by atoms with Gasteiger partial charge in [-0.2, -0.15) is 10.2 Å². The van der Waals surface area contributed by atoms with E-state index in [1.54, 1.807) is 24.3 Å². The van der Waals surface area contributed by atoms with E-state index in [0.29, 0.717) is 27.1 Å². The summed E-state index contributed by atoms with van der Waals surface area (Å²) < 4.78 is 0. The Morgan fingerprint density at radius 2 is 1.84 bits per heavy atom. The number of amides is 1. The molecule has 0 aliphatic carbocycles. The summed E-state index contributed by atoms with van der Waals surface area (Å²) in [4.78, 5) is 12.2. The van der Waals surface area contributed by atoms with Crippen LogP contribution >= 0.6 is 23.2 Å². The number of nitrogens with one attached hydrogen (secondary N) is 2. The molecule has 126 valence electrons. The first-order valence-electron chi connectivity index (χ1n) is 7.45. The van der Waals surface area contributed by atoms with Crippen LogP contribution in [0.5, 0.6) is 0 Å². The number of halogens is 2. The van der Waals surface area contributed by atoms with Crippen LogP contribution in [-0.2, 0) is 0 Å². The summed E-state index contributed by atoms with van der Waals surface area (Å²) in [6.07, 6.45) is 0. The third-order valence-electron chi connectivity index (χ3n) is 3.55. The van der Waals surface area contributed by atoms with Crippen molar-refractivity contribution in [3.63, 3.8) is 0 Å². The lowest BCUT2D eigenvalue weighted by atomic mass is 10.1. The average Bonchev–Trinajstić information content (AvgIpc) is 3.12. The van der Waals surface area contributed by atoms with Crippen molar-refractivity contribution in [2.75, 3.05) is 0 Å². The van der Waals surface area contributed by atoms with Gasteiger partial charge in [0.2, 0.25) is 0 Å². The van der Waals surface area contributed by atoms with Gasteiger partial charge in [-0.25, -0.2) is 5.43 Å². The molecule has 3 aromatic rings. The van der Waals surface area contributed by atoms with E-state index in [1.807, 2.05) is 37.3 Å². The maximum Gasteiger partial charge on any atom is 0.289 e. The molecule has 0 spiro atoms. The Labute approximate surface area is 154 Å². The fourth-order valence-electron chi connectivity index (χ4n) is 2.18. The van der Waals surface area contributed by atoms with Crippen LogP contribution in [0.15, 0.2) is 59.7 Å². The normalized spacial score (nSPS) is 11.4. The van der Waals surface area contributed by atoms with Gasteiger partial charge in [0.15, 0.2) is 0 Å². The highest BCUT2D eigenvalue weighted by atomic mass is 35.5. The van der Waals surface area contributed by atoms with E-state index >= 15 is 0 Å². The Kier molecular flexibility index (Phi) is 5.16. The van der Waals surface area contributed by atoms with Gasteiger partial charge in [-0.1, -0.05) is 59.6 Å². The van der Waals surface area contributed by atoms with Gasteiger partial charge < -0.3 is 0 Å². The first-order chi connectivity index (χ1) is 12.0. The molecule has 0 aliphatic rings. The molecule has 7 heteroatoms. The molecule has 0 atom stereocenters. The van der Waals surface area contributed by atoms with Crippen LogP contribution in [0.3, 0.4) is 0 Å². The Hall–Kier alpha value is -2.63. The van der Waals surface area contributed by atoms with Gasteiger partial charge in [-0.15, -0.1) is 0 Å². The Morgan fingerprint density at radius 1 is 1.08 bits per heavy atom. The Balaban J connectivity index is 1.73. The molecule has 1 amide bonds. The van der Waals surface area contributed by atoms with Crippen LogP contribution < -0.4 is 5.43 Å². The van der Waals surface area contributed by atoms with Crippen molar-refractivity contribution in [3.05, 3.63) is 75.9 Å². The van der Waals surface area contributed by atoms with Crippen molar-refractivity contribution in [3.8, 4) is 11.3 Å². The molecular formula is C18H14Cl2N4O. The van der Waals surface area contributed by atoms with E-state index in [2.05, 4.69) is 20.7 Å². The summed E-state index contributed by atoms with van der Waals surface area (Å²) in [5.74, 6) is -0.380. The van der Waals surface area contributed by atoms with Crippen LogP contribution in [0.25, 0.3) is 11.3 Å². The van der Waals surface area contributed by atoms with Gasteiger partial charge in [-0.3, -0.25) is 9.89 Å². The SMILES string of the molecule is C/C(=N/NC(=O)c1cc(-c2ccc(Cl)c(Cl)c2)n[nH]1)c1ccccc1. The number of rotatable bonds is 4. The molecule has 3 rings (SSSR count). The van der Waals surface area contributed by atoms with Gasteiger partial charge >= 0.3 is 0 Å². The first kappa shape index (κ1) is 17.2. The lowest BCUT2D eigenvalue weighted by Crippen LogP contribution is -2.19. The lowest BCUT2D eigenvalue weighted by molar-refractivity contribution is 0.0950. The van der Waals surface area contributed by atoms with Gasteiger partial charge in [0, 0.05) is 5.56 Å². The van der Waals surface area contributed by atoms with E-state index < -0.39 is 0 Å². The number of aromatic nitrogens is 2. The Morgan fingerprint density at radius 3 is 2.56 bits per heavy atom. The highest BCUT2D eigenvalue weighted by molar-refractivity contribution is 6.42. The van der Waals surface area contributed by atoms with E-state index in [-0.39, 0.29) is 5.91 Å². The summed E-state index contributed by atoms with van der Waals surface area (Å²) in [5.41, 5.74) is 5.80. The van der Waals surface area contributed by atoms with Crippen molar-refractivity contribution in [1.82, 2.24) is 15.6 Å². The van der Waals surface area contributed by atoms with Gasteiger partial charge in [0.05, 0.1) is 21.5 Å². The predicted molar refractivity (Wildman–Crippen MR) is 100 cm³/mol. The monoisotopic (exact) mass is 372 g/mol. The molecule has 1 aromatic heterocycles. The minimum atomic E-state index is -0.380. The van der Waals surface area contributed by atoms with Crippen LogP contribution in [0.1, 0.15) is 23.0 Å². The number of nitrogens with zero attached hydrogens (tertiary/aromatic N) is 2. The zero-order chi connectivity index (χ0) is 17.8. The third-order valence-corrected chi connectivity index (χ3v) is 4.29. The molecule has 0 unspecified atom stereocenters. The molecule has 5 nitrogen and oxygen atoms in total. The molecule has 1 heterocycles. The van der Waals surface area contributed by atoms with Gasteiger partial charge in [-0.05, 0) is 30.7 Å². The smallest absolute Gasteiger partial charge is 0.272 e. The van der Waals surface area contributed by atoms with E-state index in [1.165, 1.54) is 0 Å². The highest BCUT2D eigenvalue weighted by Crippen LogP contribution is 2.27. The molecule has 0 radical (unpaired) electrons. The zero-order valence-corrected chi connectivity index (χ0v) is 14.8. The van der Waals surface area contributed by atoms with E-state index in [9.17, 15) is 4.79 Å². The van der Waals surface area contributed by atoms with Crippen molar-refractivity contribution in [1.29, 1.82) is 0 Å². The summed E-state index contributed by atoms with van der Waals surface area (Å²) in [6.45, 7) is 1.82. The van der Waals surface area contributed by atoms with Crippen LogP contribution in [0.2, 0.25) is 10.0 Å². The topological polar surface area (TPSA) is 70.1 Å². The van der Waals surface area contributed by atoms with Crippen LogP contribution in [0.4, 0.5) is 0 Å². The standard InChI is InChI=1S/C18H14Cl2N4O/c1-11(12-5-3-2-4-6-12)21-24-18(25)17-10-16(22-23-17)13-7-8-14(19)15(20)9-13/h2-10H,1H3,(H,22,23)(H,24,25)/b21-11-. The molecule has 2 N–H and O–H groups in total. The minimum absolute atomic E-state index is 0.297. The molecule has 0 saturated carbocycles. The maximum absolute atomic E-state index is 12.2. The van der Waals surface area contributed by atoms with Crippen LogP contribution in [-0.4, -0.2) is 21.8 Å². The molecular weight excluding hydrogens is 359 g/mol. The molecule has 0 saturated heterocycles. The quantitative estimate of drug-likeness (QED) is 0.521. The van der Waals surface area contributed by atoms with E-state index in [0.717, 1.165) is 11.1 Å². The second-order valence-corrected chi connectivity index (χ2v) is 6.11. The molecule has 2 aromatic carbocycles. The summed E-state index contributed by atoms with van der Waals surface area (Å²) >= 11 is 11.9. The molecule has 0 bridgehead atoms. The van der Waals surface area contributed by atoms with Gasteiger partial charge in [0.1, 0.15) is 5.69 Å². The van der Waals surface area contributed by atoms with Gasteiger partial charge in [0.25, 0.3) is 5.91 Å². The number of benzene rings is 2. The second kappa shape index (κ2) is 7.51. The van der Waals surface area contributed by atoms with Crippen molar-refractivity contribution in [2.24, 2.45) is 5.10 Å². The number of carbonyl (C=O) groups is 1. The second-order valence-electron chi connectivity index (χ2n) is 5.30. The highest BCUT2D eigenvalue weighted by Gasteiger charge is 2.11. The number of hydrogen-bond acceptors (Lipinski definition) is 3. The fourth-order valence-corrected chi connectivity index (χ4v) is 2.48. The summed E-state index contributed by atoms with van der Waals surface area (Å²) in [7, 11) is 0. The molecule has 25 heavy (non-hydrogen) atoms. The number of aromatic amines is 1. The number of carbonyl (C=O) groups excluding carboxylic acids is 1. The number of hydrazone groups is 1. The maximum atomic E-state index is 12.2. The van der Waals surface area contributed by atoms with E-state index in [4.69, 9.17) is 23.2 Å². The summed E-state index contributed by atoms with van der Waals surface area (Å²) in [5, 5.41) is 11.8. The largest absolute Gasteiger partial charge is 0.289 e. The zero-order valence-electron chi connectivity index (χ0n) is 13.3. The third kappa shape index (κ3) is 4.07. The lowest BCUT2D eigenvalue weighted by Gasteiger charge is -2.01. The average molecular weight is 373 g/mol. The predicted octanol–water partition coefficient (Wildman–Crippen LogP) is 4.54. The van der Waals surface area contributed by atoms with Crippen molar-refractivity contribution in [2.45, 2.75) is 6.92 Å². The number of hydrogen-bond donors (Lipinski definition) is 2. The molecule has 0 fully saturated rings. The molecule has 0 aliphatic heterocycles. The van der Waals surface area contributed by atoms with Crippen LogP contribution in [0, 0.1) is 0 Å². The number of H-pyrrole nitrogens is 1. The van der Waals surface area contributed by atoms with Crippen molar-refractivity contribution < 1.29 is 4.79 Å². The first-order valence-corrected chi connectivity index (χ1v) is 8.21.